The summed E-state index contributed by atoms with van der Waals surface area (Å²) in [7, 11) is 0. The van der Waals surface area contributed by atoms with Gasteiger partial charge in [0.2, 0.25) is 0 Å². The molecule has 107 heavy (non-hydrogen) atoms. The van der Waals surface area contributed by atoms with Crippen molar-refractivity contribution >= 4 is 38.8 Å². The summed E-state index contributed by atoms with van der Waals surface area (Å²) in [6, 6.07) is 27.9. The third-order valence-electron chi connectivity index (χ3n) is 23.2. The number of aryl methyl sites for hydroxylation is 2. The number of rotatable bonds is 13. The molecule has 0 radical (unpaired) electrons. The summed E-state index contributed by atoms with van der Waals surface area (Å²) < 4.78 is 48.2. The molecule has 0 unspecified atom stereocenters. The molecule has 0 bridgehead atoms. The van der Waals surface area contributed by atoms with Gasteiger partial charge in [0.25, 0.3) is 16.7 Å². The molecule has 1 N–H and O–H groups in total. The number of phenolic OH excluding ortho intramolecular Hbond substituents is 1. The van der Waals surface area contributed by atoms with Crippen molar-refractivity contribution in [2.45, 2.75) is 221 Å². The minimum Gasteiger partial charge on any atom is -0.508 e. The van der Waals surface area contributed by atoms with E-state index in [1.165, 1.54) is 32.4 Å². The van der Waals surface area contributed by atoms with E-state index in [1.54, 1.807) is 16.7 Å². The molecule has 2 fully saturated rings. The van der Waals surface area contributed by atoms with Crippen LogP contribution in [-0.4, -0.2) is 100 Å². The average molecular weight is 1450 g/mol. The second-order valence-corrected chi connectivity index (χ2v) is 30.4. The zero-order valence-corrected chi connectivity index (χ0v) is 63.7. The Labute approximate surface area is 624 Å². The molecule has 6 aromatic heterocycles. The van der Waals surface area contributed by atoms with Crippen LogP contribution < -0.4 is 21.4 Å². The summed E-state index contributed by atoms with van der Waals surface area (Å²) in [5, 5.41) is 13.0. The van der Waals surface area contributed by atoms with Gasteiger partial charge in [-0.3, -0.25) is 14.4 Å². The van der Waals surface area contributed by atoms with Crippen LogP contribution in [0, 0.1) is 0 Å². The number of carbonyl (C=O) groups is 1. The topological polar surface area (TPSA) is 213 Å². The van der Waals surface area contributed by atoms with E-state index in [-0.39, 0.29) is 66.7 Å². The number of piperidine rings is 2. The fourth-order valence-corrected chi connectivity index (χ4v) is 18.1. The number of amides is 1. The number of fused-ring (bicyclic) bond motifs is 15. The number of para-hydroxylation sites is 1. The number of nitrogens with zero attached hydrogens (tertiary/aromatic N) is 8. The van der Waals surface area contributed by atoms with E-state index in [1.807, 2.05) is 119 Å². The van der Waals surface area contributed by atoms with Crippen LogP contribution in [0.3, 0.4) is 0 Å². The molecular formula is C87H98N8O12. The standard InChI is InChI=1S/C37H46N4O5.C26H28N2O4.C24H24N2O3/c1-6-27-28-19-26(45-36(43)40-17-13-25(14-18-40)39-15-9-8-10-16-39)11-12-32(28)38-34-29(27)21-41-33(34)20-31-30(35(41)42)22-44-24(5)37(31,7-2)46-23(3)4;1-6-17-18-10-16(29)8-9-22(18)27-24-19(17)12-28-23(24)11-21-20(25(28)30)13-31-15(5)26(21,7-2)32-14(3)4;1-5-24(29-14(2)3)15(4)28-13-18-19(24)11-21-22-17(12-26(21)23(18)27)10-16-8-6-7-9-20(16)25-22/h11-12,19-20,23,25H,5-10,13-18,21-22H2,1-4H3;8-11,14,29H,5-7,12-13H2,1-4H3;6-11,14H,4-5,12-13H2,1-3H3/t37-;26-;24-/m111/s1. The molecule has 20 heteroatoms. The highest BCUT2D eigenvalue weighted by molar-refractivity contribution is 5.91. The Balaban J connectivity index is 0.000000133. The molecule has 0 spiro atoms. The summed E-state index contributed by atoms with van der Waals surface area (Å²) in [6.45, 7) is 40.5. The Morgan fingerprint density at radius 3 is 1.43 bits per heavy atom. The quantitative estimate of drug-likeness (QED) is 0.114. The fourth-order valence-electron chi connectivity index (χ4n) is 18.1. The van der Waals surface area contributed by atoms with E-state index in [4.69, 9.17) is 48.1 Å². The number of pyridine rings is 6. The number of phenols is 1. The first-order valence-corrected chi connectivity index (χ1v) is 38.5. The van der Waals surface area contributed by atoms with Crippen LogP contribution in [0.25, 0.3) is 66.9 Å². The largest absolute Gasteiger partial charge is 0.508 e. The van der Waals surface area contributed by atoms with Gasteiger partial charge in [0.05, 0.1) is 105 Å². The number of hydrogen-bond donors (Lipinski definition) is 1. The molecule has 558 valence electrons. The number of ether oxygens (including phenoxy) is 7. The van der Waals surface area contributed by atoms with E-state index >= 15 is 0 Å². The van der Waals surface area contributed by atoms with Gasteiger partial charge < -0.3 is 61.8 Å². The number of carbonyl (C=O) groups excluding carboxylic acids is 1. The number of aromatic nitrogens is 6. The monoisotopic (exact) mass is 1450 g/mol. The maximum absolute atomic E-state index is 14.0. The molecule has 2 saturated heterocycles. The van der Waals surface area contributed by atoms with Crippen LogP contribution in [0.15, 0.2) is 136 Å². The van der Waals surface area contributed by atoms with E-state index in [2.05, 4.69) is 68.8 Å². The van der Waals surface area contributed by atoms with Gasteiger partial charge >= 0.3 is 6.09 Å². The van der Waals surface area contributed by atoms with Gasteiger partial charge in [0.1, 0.15) is 65.4 Å². The van der Waals surface area contributed by atoms with Crippen LogP contribution in [0.1, 0.15) is 189 Å². The summed E-state index contributed by atoms with van der Waals surface area (Å²) in [5.41, 5.74) is 14.5. The van der Waals surface area contributed by atoms with Crippen molar-refractivity contribution in [3.05, 3.63) is 214 Å². The molecule has 8 aliphatic heterocycles. The zero-order valence-electron chi connectivity index (χ0n) is 63.7. The van der Waals surface area contributed by atoms with Crippen molar-refractivity contribution in [1.82, 2.24) is 38.5 Å². The second-order valence-electron chi connectivity index (χ2n) is 30.4. The summed E-state index contributed by atoms with van der Waals surface area (Å²) in [5.74, 6) is 2.37. The van der Waals surface area contributed by atoms with Gasteiger partial charge in [-0.1, -0.05) is 79.0 Å². The maximum atomic E-state index is 14.0. The second kappa shape index (κ2) is 28.4. The molecule has 9 aromatic rings. The summed E-state index contributed by atoms with van der Waals surface area (Å²) in [6.07, 6.45) is 8.78. The smallest absolute Gasteiger partial charge is 0.415 e. The lowest BCUT2D eigenvalue weighted by Gasteiger charge is -2.41. The van der Waals surface area contributed by atoms with Gasteiger partial charge in [-0.15, -0.1) is 0 Å². The normalized spacial score (nSPS) is 20.4. The minimum atomic E-state index is -0.898. The van der Waals surface area contributed by atoms with Crippen molar-refractivity contribution in [2.24, 2.45) is 0 Å². The lowest BCUT2D eigenvalue weighted by Crippen LogP contribution is -2.48. The summed E-state index contributed by atoms with van der Waals surface area (Å²) in [4.78, 5) is 73.7. The van der Waals surface area contributed by atoms with Crippen LogP contribution in [-0.2, 0) is 97.5 Å². The Hall–Kier alpha value is -9.73. The molecule has 1 amide bonds. The molecule has 0 aliphatic carbocycles. The molecule has 0 saturated carbocycles. The Bertz CT molecular complexity index is 5340. The van der Waals surface area contributed by atoms with Crippen molar-refractivity contribution < 1.29 is 43.1 Å². The van der Waals surface area contributed by atoms with Crippen LogP contribution in [0.2, 0.25) is 0 Å². The number of hydrogen-bond acceptors (Lipinski definition) is 16. The predicted octanol–water partition coefficient (Wildman–Crippen LogP) is 15.8. The summed E-state index contributed by atoms with van der Waals surface area (Å²) >= 11 is 0. The Kier molecular flexibility index (Phi) is 19.4. The van der Waals surface area contributed by atoms with Crippen molar-refractivity contribution in [1.29, 1.82) is 0 Å². The molecule has 20 nitrogen and oxygen atoms in total. The third-order valence-corrected chi connectivity index (χ3v) is 23.2. The lowest BCUT2D eigenvalue weighted by atomic mass is 9.84. The highest BCUT2D eigenvalue weighted by Crippen LogP contribution is 2.50. The van der Waals surface area contributed by atoms with Gasteiger partial charge in [-0.25, -0.2) is 19.7 Å². The van der Waals surface area contributed by atoms with Gasteiger partial charge in [0.15, 0.2) is 0 Å². The van der Waals surface area contributed by atoms with Crippen LogP contribution >= 0.6 is 0 Å². The molecule has 8 aliphatic rings. The van der Waals surface area contributed by atoms with E-state index < -0.39 is 16.8 Å². The number of benzene rings is 3. The van der Waals surface area contributed by atoms with Crippen molar-refractivity contribution in [2.75, 3.05) is 26.2 Å². The van der Waals surface area contributed by atoms with Gasteiger partial charge in [-0.2, -0.15) is 0 Å². The molecule has 17 rings (SSSR count). The molecule has 14 heterocycles. The highest BCUT2D eigenvalue weighted by atomic mass is 16.6. The number of likely N-dealkylation sites (tertiary alicyclic amines) is 2. The van der Waals surface area contributed by atoms with Crippen LogP contribution in [0.5, 0.6) is 11.5 Å². The van der Waals surface area contributed by atoms with Gasteiger partial charge in [-0.05, 0) is 190 Å². The third kappa shape index (κ3) is 12.3. The SMILES string of the molecule is C=C1OCc2c(cc3n(c2=O)Cc2c-3nc3ccc(O)cc3c2CC)[C@]1(CC)OC(C)C.C=C1OCc2c(cc3n(c2=O)Cc2c-3nc3ccc(OC(=O)N4CCC(N5CCCCC5)CC4)cc3c2CC)[C@]1(CC)OC(C)C.C=C1OCc2c(cc3n(c2=O)Cc2cc4ccccc4nc2-3)[C@]1(CC)OC(C)C. The van der Waals surface area contributed by atoms with Crippen molar-refractivity contribution in [3.63, 3.8) is 0 Å². The van der Waals surface area contributed by atoms with Crippen molar-refractivity contribution in [3.8, 4) is 45.7 Å². The fraction of sp³-hybridized carbons (Fsp3) is 0.437. The zero-order chi connectivity index (χ0) is 75.3. The Morgan fingerprint density at radius 2 is 0.963 bits per heavy atom. The minimum absolute atomic E-state index is 0.0303. The first-order chi connectivity index (χ1) is 51.5. The molecular weight excluding hydrogens is 1350 g/mol. The van der Waals surface area contributed by atoms with E-state index in [0.717, 1.165) is 150 Å². The Morgan fingerprint density at radius 1 is 0.523 bits per heavy atom. The van der Waals surface area contributed by atoms with E-state index in [9.17, 15) is 24.3 Å². The molecule has 3 aromatic carbocycles. The first kappa shape index (κ1) is 72.8. The number of aromatic hydroxyl groups is 1. The van der Waals surface area contributed by atoms with E-state index in [0.29, 0.717) is 84.7 Å². The predicted molar refractivity (Wildman–Crippen MR) is 414 cm³/mol. The average Bonchev–Trinajstić information content (AvgIpc) is 1.64. The molecule has 3 atom stereocenters. The first-order valence-electron chi connectivity index (χ1n) is 38.5. The van der Waals surface area contributed by atoms with Gasteiger partial charge in [0, 0.05) is 68.7 Å². The highest BCUT2D eigenvalue weighted by Gasteiger charge is 2.48. The van der Waals surface area contributed by atoms with Crippen LogP contribution in [0.4, 0.5) is 4.79 Å². The lowest BCUT2D eigenvalue weighted by molar-refractivity contribution is -0.105. The maximum Gasteiger partial charge on any atom is 0.415 e.